The number of H-pyrrole nitrogens is 1. The summed E-state index contributed by atoms with van der Waals surface area (Å²) in [5, 5.41) is 21.2. The Hall–Kier alpha value is -3.78. The Morgan fingerprint density at radius 1 is 1.42 bits per heavy atom. The SMILES string of the molecule is C=C/C(O)=C\C(=C)OF.CC(O)CCN1COCN(C)c2[nH]n(Cc3ccc(F)cn3)c2C1=O.F.F.[HH]. The van der Waals surface area contributed by atoms with Crippen molar-refractivity contribution in [2.24, 2.45) is 0 Å². The number of carbonyl (C=O) groups is 1. The third kappa shape index (κ3) is 9.11. The highest BCUT2D eigenvalue weighted by atomic mass is 19.3. The van der Waals surface area contributed by atoms with E-state index in [0.717, 1.165) is 18.3 Å². The van der Waals surface area contributed by atoms with Gasteiger partial charge in [0, 0.05) is 25.6 Å². The van der Waals surface area contributed by atoms with Gasteiger partial charge >= 0.3 is 0 Å². The van der Waals surface area contributed by atoms with Crippen molar-refractivity contribution in [3.63, 3.8) is 0 Å². The first kappa shape index (κ1) is 32.2. The summed E-state index contributed by atoms with van der Waals surface area (Å²) in [6.45, 7) is 9.22. The lowest BCUT2D eigenvalue weighted by molar-refractivity contribution is -0.0761. The minimum Gasteiger partial charge on any atom is -0.508 e. The predicted octanol–water partition coefficient (Wildman–Crippen LogP) is 3.57. The molecule has 0 aromatic carbocycles. The van der Waals surface area contributed by atoms with Crippen LogP contribution >= 0.6 is 0 Å². The van der Waals surface area contributed by atoms with Crippen LogP contribution in [0.5, 0.6) is 0 Å². The van der Waals surface area contributed by atoms with Crippen LogP contribution in [0.4, 0.5) is 24.1 Å². The predicted molar refractivity (Wildman–Crippen MR) is 128 cm³/mol. The van der Waals surface area contributed by atoms with Gasteiger partial charge in [0.1, 0.15) is 25.0 Å². The van der Waals surface area contributed by atoms with Gasteiger partial charge in [-0.3, -0.25) is 33.9 Å². The highest BCUT2D eigenvalue weighted by molar-refractivity contribution is 5.98. The fourth-order valence-electron chi connectivity index (χ4n) is 2.89. The van der Waals surface area contributed by atoms with Crippen LogP contribution in [-0.4, -0.2) is 68.9 Å². The molecule has 36 heavy (non-hydrogen) atoms. The minimum absolute atomic E-state index is 0. The van der Waals surface area contributed by atoms with E-state index in [4.69, 9.17) is 9.84 Å². The maximum atomic E-state index is 13.0. The number of aromatic amines is 1. The first-order valence-electron chi connectivity index (χ1n) is 10.3. The molecular weight excluding hydrogens is 490 g/mol. The molecule has 1 unspecified atom stereocenters. The number of pyridine rings is 1. The molecule has 0 bridgehead atoms. The number of rotatable bonds is 8. The maximum Gasteiger partial charge on any atom is 0.277 e. The molecule has 0 saturated heterocycles. The number of halogens is 4. The van der Waals surface area contributed by atoms with E-state index in [1.54, 1.807) is 22.6 Å². The largest absolute Gasteiger partial charge is 0.508 e. The molecule has 0 aliphatic carbocycles. The number of nitrogens with zero attached hydrogens (tertiary/aromatic N) is 4. The Labute approximate surface area is 206 Å². The molecule has 3 heterocycles. The second-order valence-corrected chi connectivity index (χ2v) is 7.55. The van der Waals surface area contributed by atoms with E-state index >= 15 is 0 Å². The van der Waals surface area contributed by atoms with E-state index in [9.17, 15) is 18.8 Å². The van der Waals surface area contributed by atoms with Gasteiger partial charge in [-0.2, -0.15) is 0 Å². The van der Waals surface area contributed by atoms with Crippen LogP contribution in [-0.2, 0) is 16.2 Å². The molecule has 3 rings (SSSR count). The quantitative estimate of drug-likeness (QED) is 0.275. The number of hydrogen-bond acceptors (Lipinski definition) is 7. The van der Waals surface area contributed by atoms with Gasteiger partial charge in [0.2, 0.25) is 0 Å². The van der Waals surface area contributed by atoms with Gasteiger partial charge in [0.05, 0.1) is 24.5 Å². The van der Waals surface area contributed by atoms with Crippen molar-refractivity contribution < 1.29 is 44.4 Å². The molecule has 1 aliphatic rings. The van der Waals surface area contributed by atoms with E-state index < -0.39 is 11.9 Å². The fraction of sp³-hybridized carbons (Fsp3) is 0.364. The summed E-state index contributed by atoms with van der Waals surface area (Å²) in [5.41, 5.74) is 1.16. The number of anilines is 1. The van der Waals surface area contributed by atoms with Crippen molar-refractivity contribution in [2.45, 2.75) is 26.0 Å². The Morgan fingerprint density at radius 2 is 2.11 bits per heavy atom. The van der Waals surface area contributed by atoms with E-state index in [1.807, 2.05) is 11.9 Å². The summed E-state index contributed by atoms with van der Waals surface area (Å²) in [5.74, 6) is -0.342. The highest BCUT2D eigenvalue weighted by Gasteiger charge is 2.30. The van der Waals surface area contributed by atoms with Crippen LogP contribution < -0.4 is 4.90 Å². The molecule has 14 heteroatoms. The molecule has 0 fully saturated rings. The Morgan fingerprint density at radius 3 is 2.67 bits per heavy atom. The monoisotopic (exact) mass is 523 g/mol. The van der Waals surface area contributed by atoms with E-state index in [-0.39, 0.29) is 35.0 Å². The lowest BCUT2D eigenvalue weighted by Crippen LogP contribution is -2.44. The summed E-state index contributed by atoms with van der Waals surface area (Å²) >= 11 is 0. The van der Waals surface area contributed by atoms with Crippen LogP contribution in [0, 0.1) is 5.82 Å². The topological polar surface area (TPSA) is 116 Å². The van der Waals surface area contributed by atoms with Crippen LogP contribution in [0.15, 0.2) is 55.2 Å². The van der Waals surface area contributed by atoms with Gasteiger partial charge in [-0.1, -0.05) is 13.2 Å². The molecule has 10 nitrogen and oxygen atoms in total. The van der Waals surface area contributed by atoms with Crippen molar-refractivity contribution in [1.82, 2.24) is 19.7 Å². The zero-order chi connectivity index (χ0) is 25.3. The summed E-state index contributed by atoms with van der Waals surface area (Å²) in [7, 11) is 1.83. The maximum absolute atomic E-state index is 13.0. The molecular formula is C22H33F4N5O5. The van der Waals surface area contributed by atoms with Gasteiger partial charge in [-0.25, -0.2) is 4.39 Å². The fourth-order valence-corrected chi connectivity index (χ4v) is 2.89. The molecule has 0 spiro atoms. The number of aliphatic hydroxyl groups excluding tert-OH is 2. The van der Waals surface area contributed by atoms with Gasteiger partial charge in [-0.15, -0.1) is 0 Å². The molecule has 1 atom stereocenters. The standard InChI is InChI=1S/C16H22FN5O3.C6H7FO2.2FH.H2/c1-11(23)5-6-21-10-25-9-20(2)15-14(16(21)24)22(19-15)8-13-4-3-12(17)7-18-13;1-3-6(8)4-5(2)9-7;;;/h3-4,7,11,19,23H,5-6,8-10H2,1-2H3;3-4,8H,1-2H2;3*1H/b;6-4+;;;. The van der Waals surface area contributed by atoms with Crippen molar-refractivity contribution in [2.75, 3.05) is 32.0 Å². The number of aromatic nitrogens is 3. The van der Waals surface area contributed by atoms with Gasteiger partial charge in [0.15, 0.2) is 17.3 Å². The van der Waals surface area contributed by atoms with E-state index in [1.165, 1.54) is 6.07 Å². The van der Waals surface area contributed by atoms with Crippen molar-refractivity contribution in [1.29, 1.82) is 0 Å². The highest BCUT2D eigenvalue weighted by Crippen LogP contribution is 2.25. The number of amides is 1. The lowest BCUT2D eigenvalue weighted by atomic mass is 10.2. The van der Waals surface area contributed by atoms with Gasteiger partial charge in [0.25, 0.3) is 5.91 Å². The summed E-state index contributed by atoms with van der Waals surface area (Å²) < 4.78 is 31.3. The molecule has 0 saturated carbocycles. The van der Waals surface area contributed by atoms with Crippen LogP contribution in [0.3, 0.4) is 0 Å². The van der Waals surface area contributed by atoms with Crippen LogP contribution in [0.1, 0.15) is 31.0 Å². The summed E-state index contributed by atoms with van der Waals surface area (Å²) in [6.07, 6.45) is 3.28. The Bertz CT molecular complexity index is 1010. The third-order valence-electron chi connectivity index (χ3n) is 4.68. The summed E-state index contributed by atoms with van der Waals surface area (Å²) in [6, 6.07) is 2.92. The normalized spacial score (nSPS) is 14.1. The van der Waals surface area contributed by atoms with Crippen molar-refractivity contribution in [3.8, 4) is 0 Å². The van der Waals surface area contributed by atoms with Crippen LogP contribution in [0.2, 0.25) is 0 Å². The first-order valence-corrected chi connectivity index (χ1v) is 10.3. The van der Waals surface area contributed by atoms with Crippen LogP contribution in [0.25, 0.3) is 0 Å². The Kier molecular flexibility index (Phi) is 13.7. The molecule has 204 valence electrons. The number of aliphatic hydroxyl groups is 2. The van der Waals surface area contributed by atoms with Gasteiger partial charge in [-0.05, 0) is 31.6 Å². The lowest BCUT2D eigenvalue weighted by Gasteiger charge is -2.35. The number of hydrogen-bond donors (Lipinski definition) is 3. The van der Waals surface area contributed by atoms with E-state index in [2.05, 4.69) is 28.2 Å². The number of fused-ring (bicyclic) bond motifs is 1. The molecule has 1 aliphatic heterocycles. The minimum atomic E-state index is -0.492. The molecule has 2 aromatic heterocycles. The number of ether oxygens (including phenoxy) is 1. The molecule has 2 aromatic rings. The smallest absolute Gasteiger partial charge is 0.277 e. The Balaban J connectivity index is 0. The number of nitrogens with one attached hydrogen (secondary N) is 1. The number of allylic oxidation sites excluding steroid dienone is 2. The molecule has 1 amide bonds. The first-order chi connectivity index (χ1) is 16.2. The molecule has 3 N–H and O–H groups in total. The molecule has 0 radical (unpaired) electrons. The zero-order valence-electron chi connectivity index (χ0n) is 19.9. The van der Waals surface area contributed by atoms with Crippen molar-refractivity contribution >= 4 is 11.7 Å². The zero-order valence-corrected chi connectivity index (χ0v) is 19.9. The second kappa shape index (κ2) is 15.3. The average Bonchev–Trinajstić information content (AvgIpc) is 2.78. The van der Waals surface area contributed by atoms with Crippen molar-refractivity contribution in [3.05, 3.63) is 72.4 Å². The second-order valence-electron chi connectivity index (χ2n) is 7.55. The summed E-state index contributed by atoms with van der Waals surface area (Å²) in [4.78, 5) is 23.4. The number of carbonyl (C=O) groups excluding carboxylic acids is 1. The third-order valence-corrected chi connectivity index (χ3v) is 4.68. The average molecular weight is 524 g/mol. The van der Waals surface area contributed by atoms with Gasteiger partial charge < -0.3 is 24.7 Å². The van der Waals surface area contributed by atoms with E-state index in [0.29, 0.717) is 43.4 Å².